The van der Waals surface area contributed by atoms with Crippen LogP contribution >= 0.6 is 11.6 Å². The van der Waals surface area contributed by atoms with Crippen molar-refractivity contribution in [3.05, 3.63) is 52.6 Å². The summed E-state index contributed by atoms with van der Waals surface area (Å²) < 4.78 is 15.1. The Kier molecular flexibility index (Phi) is 5.15. The van der Waals surface area contributed by atoms with Crippen LogP contribution in [-0.2, 0) is 13.1 Å². The van der Waals surface area contributed by atoms with Crippen LogP contribution in [0.4, 0.5) is 4.39 Å². The molecule has 1 heterocycles. The van der Waals surface area contributed by atoms with Crippen molar-refractivity contribution < 1.29 is 4.39 Å². The molecule has 0 bridgehead atoms. The lowest BCUT2D eigenvalue weighted by molar-refractivity contribution is 0.529. The molecule has 20 heavy (non-hydrogen) atoms. The molecule has 0 amide bonds. The Morgan fingerprint density at radius 2 is 2.15 bits per heavy atom. The Hall–Kier alpha value is -1.39. The smallest absolute Gasteiger partial charge is 0.123 e. The molecule has 0 aliphatic rings. The van der Waals surface area contributed by atoms with Crippen LogP contribution in [0.3, 0.4) is 0 Å². The van der Waals surface area contributed by atoms with Crippen molar-refractivity contribution in [3.8, 4) is 0 Å². The van der Waals surface area contributed by atoms with Gasteiger partial charge in [0, 0.05) is 17.8 Å². The maximum absolute atomic E-state index is 13.3. The van der Waals surface area contributed by atoms with Crippen molar-refractivity contribution in [3.63, 3.8) is 0 Å². The first-order valence-corrected chi connectivity index (χ1v) is 7.09. The normalized spacial score (nSPS) is 11.2. The van der Waals surface area contributed by atoms with Gasteiger partial charge in [0.2, 0.25) is 0 Å². The van der Waals surface area contributed by atoms with E-state index in [-0.39, 0.29) is 5.82 Å². The van der Waals surface area contributed by atoms with Crippen molar-refractivity contribution >= 4 is 11.6 Å². The highest BCUT2D eigenvalue weighted by atomic mass is 35.5. The number of aromatic nitrogens is 2. The van der Waals surface area contributed by atoms with Crippen LogP contribution in [0.5, 0.6) is 0 Å². The summed E-state index contributed by atoms with van der Waals surface area (Å²) in [4.78, 5) is 0. The van der Waals surface area contributed by atoms with Gasteiger partial charge in [-0.3, -0.25) is 4.68 Å². The third-order valence-electron chi connectivity index (χ3n) is 2.99. The molecule has 108 valence electrons. The molecule has 0 saturated heterocycles. The third-order valence-corrected chi connectivity index (χ3v) is 3.36. The highest BCUT2D eigenvalue weighted by Gasteiger charge is 2.07. The third kappa shape index (κ3) is 4.05. The van der Waals surface area contributed by atoms with Crippen molar-refractivity contribution in [2.75, 3.05) is 6.54 Å². The minimum Gasteiger partial charge on any atom is -0.311 e. The number of hydrogen-bond donors (Lipinski definition) is 1. The predicted molar refractivity (Wildman–Crippen MR) is 79.3 cm³/mol. The fourth-order valence-corrected chi connectivity index (χ4v) is 2.14. The number of halogens is 2. The first kappa shape index (κ1) is 15.0. The van der Waals surface area contributed by atoms with Gasteiger partial charge in [0.15, 0.2) is 0 Å². The average molecular weight is 296 g/mol. The summed E-state index contributed by atoms with van der Waals surface area (Å²) in [5.41, 5.74) is 1.80. The summed E-state index contributed by atoms with van der Waals surface area (Å²) in [6.45, 7) is 6.49. The Bertz CT molecular complexity index is 566. The van der Waals surface area contributed by atoms with Crippen LogP contribution in [0.25, 0.3) is 0 Å². The van der Waals surface area contributed by atoms with Crippen LogP contribution in [0.15, 0.2) is 30.5 Å². The summed E-state index contributed by atoms with van der Waals surface area (Å²) in [5.74, 6) is 0.320. The minimum atomic E-state index is -0.281. The van der Waals surface area contributed by atoms with Gasteiger partial charge < -0.3 is 5.32 Å². The summed E-state index contributed by atoms with van der Waals surface area (Å²) in [6.07, 6.45) is 1.75. The molecule has 1 N–H and O–H groups in total. The van der Waals surface area contributed by atoms with E-state index in [2.05, 4.69) is 24.3 Å². The van der Waals surface area contributed by atoms with E-state index in [1.54, 1.807) is 12.3 Å². The van der Waals surface area contributed by atoms with Crippen LogP contribution in [0.1, 0.15) is 25.1 Å². The number of nitrogens with one attached hydrogen (secondary N) is 1. The minimum absolute atomic E-state index is 0.281. The second-order valence-electron chi connectivity index (χ2n) is 5.24. The number of rotatable bonds is 6. The number of benzene rings is 1. The zero-order valence-electron chi connectivity index (χ0n) is 11.7. The Morgan fingerprint density at radius 3 is 2.90 bits per heavy atom. The lowest BCUT2D eigenvalue weighted by Crippen LogP contribution is -2.21. The molecule has 1 aromatic heterocycles. The van der Waals surface area contributed by atoms with Gasteiger partial charge in [0.25, 0.3) is 0 Å². The fraction of sp³-hybridized carbons (Fsp3) is 0.400. The zero-order valence-corrected chi connectivity index (χ0v) is 12.5. The topological polar surface area (TPSA) is 29.9 Å². The van der Waals surface area contributed by atoms with Gasteiger partial charge in [-0.15, -0.1) is 0 Å². The molecular weight excluding hydrogens is 277 g/mol. The molecule has 0 unspecified atom stereocenters. The standard InChI is InChI=1S/C15H19ClFN3/c1-11(2)8-18-9-14-5-6-19-20(14)10-12-7-13(17)3-4-15(12)16/h3-7,11,18H,8-10H2,1-2H3. The Morgan fingerprint density at radius 1 is 1.35 bits per heavy atom. The molecule has 2 aromatic rings. The van der Waals surface area contributed by atoms with E-state index in [1.807, 2.05) is 10.7 Å². The van der Waals surface area contributed by atoms with Crippen molar-refractivity contribution in [2.45, 2.75) is 26.9 Å². The molecule has 0 fully saturated rings. The Balaban J connectivity index is 2.06. The molecule has 0 aliphatic heterocycles. The van der Waals surface area contributed by atoms with E-state index in [0.29, 0.717) is 17.5 Å². The van der Waals surface area contributed by atoms with Gasteiger partial charge in [-0.1, -0.05) is 25.4 Å². The number of nitrogens with zero attached hydrogens (tertiary/aromatic N) is 2. The van der Waals surface area contributed by atoms with Crippen molar-refractivity contribution in [1.29, 1.82) is 0 Å². The van der Waals surface area contributed by atoms with E-state index in [1.165, 1.54) is 12.1 Å². The molecule has 1 aromatic carbocycles. The highest BCUT2D eigenvalue weighted by Crippen LogP contribution is 2.18. The summed E-state index contributed by atoms with van der Waals surface area (Å²) >= 11 is 6.09. The first-order chi connectivity index (χ1) is 9.56. The van der Waals surface area contributed by atoms with E-state index in [4.69, 9.17) is 11.6 Å². The molecular formula is C15H19ClFN3. The molecule has 0 atom stereocenters. The van der Waals surface area contributed by atoms with Gasteiger partial charge in [-0.05, 0) is 42.3 Å². The first-order valence-electron chi connectivity index (χ1n) is 6.71. The quantitative estimate of drug-likeness (QED) is 0.884. The number of hydrogen-bond acceptors (Lipinski definition) is 2. The van der Waals surface area contributed by atoms with Crippen LogP contribution in [-0.4, -0.2) is 16.3 Å². The SMILES string of the molecule is CC(C)CNCc1ccnn1Cc1cc(F)ccc1Cl. The van der Waals surface area contributed by atoms with Gasteiger partial charge in [-0.2, -0.15) is 5.10 Å². The highest BCUT2D eigenvalue weighted by molar-refractivity contribution is 6.31. The molecule has 0 spiro atoms. The van der Waals surface area contributed by atoms with Crippen LogP contribution in [0.2, 0.25) is 5.02 Å². The maximum atomic E-state index is 13.3. The zero-order chi connectivity index (χ0) is 14.5. The van der Waals surface area contributed by atoms with Gasteiger partial charge in [0.1, 0.15) is 5.82 Å². The fourth-order valence-electron chi connectivity index (χ4n) is 1.97. The lowest BCUT2D eigenvalue weighted by atomic mass is 10.2. The molecule has 2 rings (SSSR count). The second kappa shape index (κ2) is 6.86. The largest absolute Gasteiger partial charge is 0.311 e. The predicted octanol–water partition coefficient (Wildman–Crippen LogP) is 3.47. The average Bonchev–Trinajstić information content (AvgIpc) is 2.81. The lowest BCUT2D eigenvalue weighted by Gasteiger charge is -2.11. The van der Waals surface area contributed by atoms with Gasteiger partial charge in [0.05, 0.1) is 12.2 Å². The van der Waals surface area contributed by atoms with Crippen LogP contribution in [0, 0.1) is 11.7 Å². The molecule has 0 saturated carbocycles. The summed E-state index contributed by atoms with van der Waals surface area (Å²) in [5, 5.41) is 8.21. The second-order valence-corrected chi connectivity index (χ2v) is 5.65. The van der Waals surface area contributed by atoms with Crippen LogP contribution < -0.4 is 5.32 Å². The van der Waals surface area contributed by atoms with E-state index < -0.39 is 0 Å². The van der Waals surface area contributed by atoms with Gasteiger partial charge >= 0.3 is 0 Å². The summed E-state index contributed by atoms with van der Waals surface area (Å²) in [6, 6.07) is 6.35. The molecule has 0 radical (unpaired) electrons. The van der Waals surface area contributed by atoms with Crippen molar-refractivity contribution in [2.24, 2.45) is 5.92 Å². The van der Waals surface area contributed by atoms with E-state index in [0.717, 1.165) is 24.3 Å². The molecule has 5 heteroatoms. The van der Waals surface area contributed by atoms with Gasteiger partial charge in [-0.25, -0.2) is 4.39 Å². The van der Waals surface area contributed by atoms with Crippen molar-refractivity contribution in [1.82, 2.24) is 15.1 Å². The molecule has 3 nitrogen and oxygen atoms in total. The van der Waals surface area contributed by atoms with E-state index >= 15 is 0 Å². The maximum Gasteiger partial charge on any atom is 0.123 e. The van der Waals surface area contributed by atoms with E-state index in [9.17, 15) is 4.39 Å². The Labute approximate surface area is 123 Å². The molecule has 0 aliphatic carbocycles. The monoisotopic (exact) mass is 295 g/mol. The summed E-state index contributed by atoms with van der Waals surface area (Å²) in [7, 11) is 0.